The van der Waals surface area contributed by atoms with Gasteiger partial charge in [-0.15, -0.1) is 0 Å². The molecule has 0 spiro atoms. The van der Waals surface area contributed by atoms with Crippen LogP contribution in [0.3, 0.4) is 0 Å². The third kappa shape index (κ3) is 4.54. The first-order chi connectivity index (χ1) is 13.6. The quantitative estimate of drug-likeness (QED) is 0.255. The van der Waals surface area contributed by atoms with Gasteiger partial charge in [0.15, 0.2) is 14.6 Å². The molecule has 0 bridgehead atoms. The van der Waals surface area contributed by atoms with Crippen molar-refractivity contribution in [3.63, 3.8) is 0 Å². The van der Waals surface area contributed by atoms with Crippen molar-refractivity contribution in [1.82, 2.24) is 0 Å². The summed E-state index contributed by atoms with van der Waals surface area (Å²) in [5, 5.41) is 0. The van der Waals surface area contributed by atoms with Crippen LogP contribution in [-0.2, 0) is 10.3 Å². The molecule has 0 saturated carbocycles. The first kappa shape index (κ1) is 21.1. The number of hydrogen-bond donors (Lipinski definition) is 0. The van der Waals surface area contributed by atoms with Gasteiger partial charge in [0.05, 0.1) is 0 Å². The number of ether oxygens (including phenoxy) is 2. The number of carbonyl (C=O) groups excluding carboxylic acids is 1. The van der Waals surface area contributed by atoms with E-state index in [0.29, 0.717) is 5.75 Å². The molecule has 4 heteroatoms. The molecule has 2 aromatic carbocycles. The molecule has 0 aliphatic carbocycles. The maximum Gasteiger partial charge on any atom is 0.514 e. The summed E-state index contributed by atoms with van der Waals surface area (Å²) in [5.41, 5.74) is 3.18. The molecule has 0 radical (unpaired) electrons. The van der Waals surface area contributed by atoms with Crippen LogP contribution >= 0.6 is 10.5 Å². The van der Waals surface area contributed by atoms with Gasteiger partial charge >= 0.3 is 6.16 Å². The van der Waals surface area contributed by atoms with Gasteiger partial charge in [-0.3, -0.25) is 0 Å². The van der Waals surface area contributed by atoms with Crippen LogP contribution in [-0.4, -0.2) is 6.16 Å². The molecular weight excluding hydrogens is 380 g/mol. The highest BCUT2D eigenvalue weighted by Crippen LogP contribution is 2.42. The first-order valence-electron chi connectivity index (χ1n) is 9.77. The van der Waals surface area contributed by atoms with Crippen LogP contribution in [0.5, 0.6) is 5.75 Å². The van der Waals surface area contributed by atoms with Crippen LogP contribution in [0.1, 0.15) is 45.9 Å². The SMILES string of the molecule is Cc1ccc(C(C)(C)OC(=O)Oc2c(C)cc(-[s+]3c(C)ccc3C)cc2C)cc1. The fraction of sp³-hybridized carbons (Fsp3) is 0.320. The maximum atomic E-state index is 12.6. The summed E-state index contributed by atoms with van der Waals surface area (Å²) in [6.07, 6.45) is -0.690. The molecule has 3 aromatic rings. The van der Waals surface area contributed by atoms with E-state index in [1.807, 2.05) is 58.9 Å². The van der Waals surface area contributed by atoms with E-state index >= 15 is 0 Å². The van der Waals surface area contributed by atoms with Gasteiger partial charge in [-0.05, 0) is 63.4 Å². The highest BCUT2D eigenvalue weighted by Gasteiger charge is 2.28. The average Bonchev–Trinajstić information content (AvgIpc) is 2.96. The Kier molecular flexibility index (Phi) is 5.85. The third-order valence-electron chi connectivity index (χ3n) is 5.14. The number of thiophene rings is 1. The molecule has 0 N–H and O–H groups in total. The lowest BCUT2D eigenvalue weighted by Gasteiger charge is -2.25. The summed E-state index contributed by atoms with van der Waals surface area (Å²) < 4.78 is 11.3. The Balaban J connectivity index is 1.81. The topological polar surface area (TPSA) is 35.5 Å². The molecule has 0 atom stereocenters. The highest BCUT2D eigenvalue weighted by atomic mass is 32.2. The van der Waals surface area contributed by atoms with Crippen molar-refractivity contribution in [3.8, 4) is 10.6 Å². The largest absolute Gasteiger partial charge is 0.514 e. The van der Waals surface area contributed by atoms with Gasteiger partial charge in [-0.1, -0.05) is 29.8 Å². The zero-order valence-electron chi connectivity index (χ0n) is 18.3. The maximum absolute atomic E-state index is 12.6. The minimum atomic E-state index is -0.776. The summed E-state index contributed by atoms with van der Waals surface area (Å²) >= 11 is 0. The number of hydrogen-bond acceptors (Lipinski definition) is 3. The highest BCUT2D eigenvalue weighted by molar-refractivity contribution is 7.39. The molecule has 0 amide bonds. The van der Waals surface area contributed by atoms with Crippen LogP contribution in [0.4, 0.5) is 4.79 Å². The zero-order chi connectivity index (χ0) is 21.3. The first-order valence-corrected chi connectivity index (χ1v) is 11.0. The van der Waals surface area contributed by atoms with Gasteiger partial charge in [-0.25, -0.2) is 4.79 Å². The number of aryl methyl sites for hydroxylation is 5. The Morgan fingerprint density at radius 1 is 0.828 bits per heavy atom. The standard InChI is InChI=1S/C25H29O3S/c1-16-8-12-21(13-9-16)25(6,7)28-24(26)27-23-17(2)14-22(15-18(23)3)29-19(4)10-11-20(29)5/h8-15H,1-7H3/q+1. The normalized spacial score (nSPS) is 11.4. The van der Waals surface area contributed by atoms with E-state index < -0.39 is 11.8 Å². The van der Waals surface area contributed by atoms with Crippen LogP contribution in [0.2, 0.25) is 0 Å². The molecule has 0 fully saturated rings. The van der Waals surface area contributed by atoms with Crippen LogP contribution < -0.4 is 4.74 Å². The summed E-state index contributed by atoms with van der Waals surface area (Å²) in [4.78, 5) is 16.5. The fourth-order valence-corrected chi connectivity index (χ4v) is 5.76. The molecule has 3 rings (SSSR count). The molecule has 0 aliphatic heterocycles. The van der Waals surface area contributed by atoms with Crippen molar-refractivity contribution in [2.75, 3.05) is 0 Å². The molecule has 1 heterocycles. The van der Waals surface area contributed by atoms with E-state index in [0.717, 1.165) is 22.3 Å². The smallest absolute Gasteiger partial charge is 0.423 e. The Bertz CT molecular complexity index is 1000. The van der Waals surface area contributed by atoms with E-state index in [-0.39, 0.29) is 10.5 Å². The second-order valence-corrected chi connectivity index (χ2v) is 10.4. The minimum absolute atomic E-state index is 0.0140. The number of rotatable bonds is 4. The lowest BCUT2D eigenvalue weighted by atomic mass is 9.97. The molecule has 0 saturated heterocycles. The van der Waals surface area contributed by atoms with E-state index in [4.69, 9.17) is 9.47 Å². The molecule has 29 heavy (non-hydrogen) atoms. The Morgan fingerprint density at radius 3 is 1.86 bits per heavy atom. The second kappa shape index (κ2) is 8.03. The van der Waals surface area contributed by atoms with Crippen molar-refractivity contribution >= 4 is 16.6 Å². The van der Waals surface area contributed by atoms with Crippen molar-refractivity contribution in [3.05, 3.63) is 80.5 Å². The van der Waals surface area contributed by atoms with Gasteiger partial charge in [0, 0.05) is 36.5 Å². The van der Waals surface area contributed by atoms with Gasteiger partial charge < -0.3 is 9.47 Å². The van der Waals surface area contributed by atoms with Crippen molar-refractivity contribution in [2.45, 2.75) is 54.1 Å². The fourth-order valence-electron chi connectivity index (χ4n) is 3.51. The Hall–Kier alpha value is -2.59. The molecule has 0 aliphatic rings. The Labute approximate surface area is 176 Å². The third-order valence-corrected chi connectivity index (χ3v) is 7.40. The summed E-state index contributed by atoms with van der Waals surface area (Å²) in [7, 11) is -0.0140. The van der Waals surface area contributed by atoms with Crippen LogP contribution in [0.15, 0.2) is 48.5 Å². The summed E-state index contributed by atoms with van der Waals surface area (Å²) in [6, 6.07) is 16.6. The predicted molar refractivity (Wildman–Crippen MR) is 121 cm³/mol. The lowest BCUT2D eigenvalue weighted by Crippen LogP contribution is -2.27. The number of benzene rings is 2. The van der Waals surface area contributed by atoms with Crippen LogP contribution in [0.25, 0.3) is 4.90 Å². The van der Waals surface area contributed by atoms with Crippen molar-refractivity contribution in [1.29, 1.82) is 0 Å². The minimum Gasteiger partial charge on any atom is -0.423 e. The predicted octanol–water partition coefficient (Wildman–Crippen LogP) is 7.42. The summed E-state index contributed by atoms with van der Waals surface area (Å²) in [5.74, 6) is 0.574. The van der Waals surface area contributed by atoms with Gasteiger partial charge in [-0.2, -0.15) is 0 Å². The van der Waals surface area contributed by atoms with Crippen molar-refractivity contribution < 1.29 is 14.3 Å². The lowest BCUT2D eigenvalue weighted by molar-refractivity contribution is 0.00610. The monoisotopic (exact) mass is 409 g/mol. The van der Waals surface area contributed by atoms with E-state index in [1.54, 1.807) is 0 Å². The summed E-state index contributed by atoms with van der Waals surface area (Å²) in [6.45, 7) is 14.0. The Morgan fingerprint density at radius 2 is 1.34 bits per heavy atom. The molecule has 152 valence electrons. The molecule has 0 unspecified atom stereocenters. The molecular formula is C25H29O3S+. The zero-order valence-corrected chi connectivity index (χ0v) is 19.1. The number of carbonyl (C=O) groups is 1. The van der Waals surface area contributed by atoms with E-state index in [2.05, 4.69) is 38.1 Å². The van der Waals surface area contributed by atoms with E-state index in [9.17, 15) is 4.79 Å². The van der Waals surface area contributed by atoms with Gasteiger partial charge in [0.25, 0.3) is 0 Å². The van der Waals surface area contributed by atoms with Gasteiger partial charge in [0.1, 0.15) is 11.4 Å². The molecule has 1 aromatic heterocycles. The van der Waals surface area contributed by atoms with E-state index in [1.165, 1.54) is 14.6 Å². The van der Waals surface area contributed by atoms with Crippen molar-refractivity contribution in [2.24, 2.45) is 0 Å². The van der Waals surface area contributed by atoms with Crippen LogP contribution in [0, 0.1) is 34.6 Å². The van der Waals surface area contributed by atoms with Gasteiger partial charge in [0.2, 0.25) is 0 Å². The molecule has 3 nitrogen and oxygen atoms in total. The average molecular weight is 410 g/mol. The second-order valence-electron chi connectivity index (χ2n) is 8.08.